The van der Waals surface area contributed by atoms with Crippen LogP contribution in [0.25, 0.3) is 0 Å². The number of piperidine rings is 1. The van der Waals surface area contributed by atoms with Gasteiger partial charge in [-0.25, -0.2) is 17.8 Å². The van der Waals surface area contributed by atoms with Crippen molar-refractivity contribution in [2.45, 2.75) is 24.2 Å². The van der Waals surface area contributed by atoms with Gasteiger partial charge in [-0.05, 0) is 31.0 Å². The number of nitrogens with zero attached hydrogens (tertiary/aromatic N) is 1. The quantitative estimate of drug-likeness (QED) is 0.808. The van der Waals surface area contributed by atoms with Gasteiger partial charge in [-0.15, -0.1) is 4.83 Å². The van der Waals surface area contributed by atoms with Crippen LogP contribution in [0.1, 0.15) is 19.3 Å². The highest BCUT2D eigenvalue weighted by Gasteiger charge is 2.20. The summed E-state index contributed by atoms with van der Waals surface area (Å²) in [6.45, 7) is 1.35. The Balaban J connectivity index is 2.16. The highest BCUT2D eigenvalue weighted by Crippen LogP contribution is 2.17. The maximum absolute atomic E-state index is 13.3. The average Bonchev–Trinajstić information content (AvgIpc) is 2.33. The van der Waals surface area contributed by atoms with Crippen LogP contribution >= 0.6 is 0 Å². The fraction of sp³-hybridized carbons (Fsp3) is 0.455. The van der Waals surface area contributed by atoms with Crippen molar-refractivity contribution in [3.05, 3.63) is 24.0 Å². The summed E-state index contributed by atoms with van der Waals surface area (Å²) in [5.74, 6) is -0.725. The number of anilines is 1. The van der Waals surface area contributed by atoms with E-state index in [0.717, 1.165) is 25.3 Å². The second-order valence-electron chi connectivity index (χ2n) is 4.33. The van der Waals surface area contributed by atoms with E-state index in [4.69, 9.17) is 5.73 Å². The first-order chi connectivity index (χ1) is 8.49. The molecular weight excluding hydrogens is 257 g/mol. The number of rotatable bonds is 3. The predicted octanol–water partition coefficient (Wildman–Crippen LogP) is 1.09. The number of hydrogen-bond donors (Lipinski definition) is 2. The molecule has 7 heteroatoms. The van der Waals surface area contributed by atoms with Crippen LogP contribution in [0.5, 0.6) is 0 Å². The predicted molar refractivity (Wildman–Crippen MR) is 66.6 cm³/mol. The number of hydrazine groups is 1. The zero-order valence-electron chi connectivity index (χ0n) is 9.89. The highest BCUT2D eigenvalue weighted by atomic mass is 32.2. The summed E-state index contributed by atoms with van der Waals surface area (Å²) in [6.07, 6.45) is 3.02. The number of hydrogen-bond acceptors (Lipinski definition) is 4. The lowest BCUT2D eigenvalue weighted by molar-refractivity contribution is 0.200. The van der Waals surface area contributed by atoms with Gasteiger partial charge in [0.1, 0.15) is 5.82 Å². The first kappa shape index (κ1) is 13.3. The van der Waals surface area contributed by atoms with Crippen molar-refractivity contribution >= 4 is 15.7 Å². The van der Waals surface area contributed by atoms with Gasteiger partial charge in [0.2, 0.25) is 0 Å². The third-order valence-electron chi connectivity index (χ3n) is 2.89. The zero-order chi connectivity index (χ0) is 13.2. The number of sulfonamides is 1. The Bertz CT molecular complexity index is 527. The van der Waals surface area contributed by atoms with Crippen molar-refractivity contribution in [1.82, 2.24) is 9.84 Å². The fourth-order valence-corrected chi connectivity index (χ4v) is 3.02. The monoisotopic (exact) mass is 273 g/mol. The summed E-state index contributed by atoms with van der Waals surface area (Å²) < 4.78 is 37.3. The van der Waals surface area contributed by atoms with Gasteiger partial charge in [0.05, 0.1) is 10.6 Å². The van der Waals surface area contributed by atoms with Gasteiger partial charge < -0.3 is 5.73 Å². The Hall–Kier alpha value is -1.18. The minimum atomic E-state index is -3.72. The van der Waals surface area contributed by atoms with Crippen LogP contribution in [0.3, 0.4) is 0 Å². The Morgan fingerprint density at radius 2 is 1.89 bits per heavy atom. The molecule has 5 nitrogen and oxygen atoms in total. The molecule has 1 fully saturated rings. The van der Waals surface area contributed by atoms with Crippen LogP contribution in [0.15, 0.2) is 23.1 Å². The van der Waals surface area contributed by atoms with Crippen LogP contribution in [-0.4, -0.2) is 26.5 Å². The molecule has 1 saturated heterocycles. The van der Waals surface area contributed by atoms with Crippen molar-refractivity contribution in [3.63, 3.8) is 0 Å². The molecule has 0 aromatic heterocycles. The molecule has 100 valence electrons. The third-order valence-corrected chi connectivity index (χ3v) is 4.26. The van der Waals surface area contributed by atoms with E-state index in [0.29, 0.717) is 13.1 Å². The second-order valence-corrected chi connectivity index (χ2v) is 5.99. The van der Waals surface area contributed by atoms with Gasteiger partial charge in [-0.1, -0.05) is 6.42 Å². The molecule has 1 aromatic rings. The fourth-order valence-electron chi connectivity index (χ4n) is 1.88. The van der Waals surface area contributed by atoms with Crippen LogP contribution in [0, 0.1) is 5.82 Å². The maximum Gasteiger partial charge on any atom is 0.253 e. The van der Waals surface area contributed by atoms with E-state index >= 15 is 0 Å². The minimum absolute atomic E-state index is 0.0630. The molecular formula is C11H16FN3O2S. The summed E-state index contributed by atoms with van der Waals surface area (Å²) in [6, 6.07) is 3.48. The lowest BCUT2D eigenvalue weighted by Crippen LogP contribution is -2.44. The molecule has 0 spiro atoms. The SMILES string of the molecule is Nc1ccc(S(=O)(=O)NN2CCCCC2)cc1F. The Morgan fingerprint density at radius 1 is 1.22 bits per heavy atom. The van der Waals surface area contributed by atoms with Crippen molar-refractivity contribution in [2.75, 3.05) is 18.8 Å². The molecule has 3 N–H and O–H groups in total. The van der Waals surface area contributed by atoms with E-state index in [1.54, 1.807) is 5.01 Å². The molecule has 0 bridgehead atoms. The summed E-state index contributed by atoms with van der Waals surface area (Å²) in [7, 11) is -3.72. The zero-order valence-corrected chi connectivity index (χ0v) is 10.7. The average molecular weight is 273 g/mol. The molecule has 0 aliphatic carbocycles. The highest BCUT2D eigenvalue weighted by molar-refractivity contribution is 7.89. The molecule has 0 unspecified atom stereocenters. The molecule has 0 saturated carbocycles. The molecule has 18 heavy (non-hydrogen) atoms. The van der Waals surface area contributed by atoms with Crippen molar-refractivity contribution in [2.24, 2.45) is 0 Å². The van der Waals surface area contributed by atoms with E-state index in [1.807, 2.05) is 0 Å². The van der Waals surface area contributed by atoms with Gasteiger partial charge >= 0.3 is 0 Å². The first-order valence-corrected chi connectivity index (χ1v) is 7.30. The van der Waals surface area contributed by atoms with E-state index < -0.39 is 15.8 Å². The molecule has 1 aliphatic rings. The summed E-state index contributed by atoms with van der Waals surface area (Å²) in [4.78, 5) is 2.34. The first-order valence-electron chi connectivity index (χ1n) is 5.81. The lowest BCUT2D eigenvalue weighted by atomic mass is 10.2. The van der Waals surface area contributed by atoms with E-state index in [1.165, 1.54) is 12.1 Å². The lowest BCUT2D eigenvalue weighted by Gasteiger charge is -2.26. The van der Waals surface area contributed by atoms with Crippen molar-refractivity contribution in [1.29, 1.82) is 0 Å². The van der Waals surface area contributed by atoms with Gasteiger partial charge in [-0.3, -0.25) is 0 Å². The number of benzene rings is 1. The van der Waals surface area contributed by atoms with Crippen molar-refractivity contribution in [3.8, 4) is 0 Å². The molecule has 2 rings (SSSR count). The number of halogens is 1. The molecule has 0 radical (unpaired) electrons. The summed E-state index contributed by atoms with van der Waals surface area (Å²) in [5.41, 5.74) is 5.25. The minimum Gasteiger partial charge on any atom is -0.396 e. The normalized spacial score (nSPS) is 17.8. The van der Waals surface area contributed by atoms with E-state index in [2.05, 4.69) is 4.83 Å². The molecule has 0 atom stereocenters. The van der Waals surface area contributed by atoms with Crippen molar-refractivity contribution < 1.29 is 12.8 Å². The number of nitrogen functional groups attached to an aromatic ring is 1. The number of nitrogens with one attached hydrogen (secondary N) is 1. The summed E-state index contributed by atoms with van der Waals surface area (Å²) >= 11 is 0. The Morgan fingerprint density at radius 3 is 2.50 bits per heavy atom. The van der Waals surface area contributed by atoms with Gasteiger partial charge in [0.25, 0.3) is 10.0 Å². The van der Waals surface area contributed by atoms with Crippen LogP contribution in [0.2, 0.25) is 0 Å². The molecule has 1 aliphatic heterocycles. The Labute approximate surface area is 106 Å². The second kappa shape index (κ2) is 5.21. The topological polar surface area (TPSA) is 75.4 Å². The third kappa shape index (κ3) is 2.98. The van der Waals surface area contributed by atoms with Gasteiger partial charge in [0.15, 0.2) is 0 Å². The van der Waals surface area contributed by atoms with Gasteiger partial charge in [0, 0.05) is 13.1 Å². The maximum atomic E-state index is 13.3. The van der Waals surface area contributed by atoms with Gasteiger partial charge in [-0.2, -0.15) is 0 Å². The smallest absolute Gasteiger partial charge is 0.253 e. The largest absolute Gasteiger partial charge is 0.396 e. The Kier molecular flexibility index (Phi) is 3.84. The molecule has 1 heterocycles. The number of nitrogens with two attached hydrogens (primary N) is 1. The van der Waals surface area contributed by atoms with E-state index in [-0.39, 0.29) is 10.6 Å². The van der Waals surface area contributed by atoms with Crippen LogP contribution < -0.4 is 10.6 Å². The van der Waals surface area contributed by atoms with Crippen LogP contribution in [0.4, 0.5) is 10.1 Å². The van der Waals surface area contributed by atoms with E-state index in [9.17, 15) is 12.8 Å². The molecule has 0 amide bonds. The summed E-state index contributed by atoms with van der Waals surface area (Å²) in [5, 5.41) is 1.65. The van der Waals surface area contributed by atoms with Crippen LogP contribution in [-0.2, 0) is 10.0 Å². The standard InChI is InChI=1S/C11H16FN3O2S/c12-10-8-9(4-5-11(10)13)18(16,17)14-15-6-2-1-3-7-15/h4-5,8,14H,1-3,6-7,13H2. The molecule has 1 aromatic carbocycles.